The number of amides is 1. The largest absolute Gasteiger partial charge is 0.298 e. The van der Waals surface area contributed by atoms with Crippen LogP contribution in [0.1, 0.15) is 21.5 Å². The summed E-state index contributed by atoms with van der Waals surface area (Å²) >= 11 is 1.42. The second-order valence-corrected chi connectivity index (χ2v) is 7.20. The molecule has 1 N–H and O–H groups in total. The zero-order valence-electron chi connectivity index (χ0n) is 13.9. The van der Waals surface area contributed by atoms with Crippen LogP contribution in [0.5, 0.6) is 0 Å². The van der Waals surface area contributed by atoms with Gasteiger partial charge >= 0.3 is 0 Å². The number of nitrogens with zero attached hydrogens (tertiary/aromatic N) is 2. The first kappa shape index (κ1) is 15.2. The number of aromatic nitrogens is 2. The lowest BCUT2D eigenvalue weighted by Gasteiger charge is -2.08. The number of carbonyl (C=O) groups is 1. The van der Waals surface area contributed by atoms with Crippen molar-refractivity contribution in [3.63, 3.8) is 0 Å². The smallest absolute Gasteiger partial charge is 0.258 e. The molecule has 5 heteroatoms. The van der Waals surface area contributed by atoms with E-state index in [4.69, 9.17) is 0 Å². The van der Waals surface area contributed by atoms with E-state index in [0.717, 1.165) is 29.5 Å². The van der Waals surface area contributed by atoms with Crippen LogP contribution < -0.4 is 5.32 Å². The van der Waals surface area contributed by atoms with Crippen molar-refractivity contribution in [2.24, 2.45) is 0 Å². The first-order valence-electron chi connectivity index (χ1n) is 8.50. The molecule has 2 heterocycles. The Hall–Kier alpha value is -3.05. The molecule has 5 rings (SSSR count). The van der Waals surface area contributed by atoms with E-state index in [1.807, 2.05) is 35.7 Å². The van der Waals surface area contributed by atoms with Crippen molar-refractivity contribution in [2.45, 2.75) is 12.8 Å². The van der Waals surface area contributed by atoms with Crippen LogP contribution in [0.2, 0.25) is 0 Å². The molecule has 4 nitrogen and oxygen atoms in total. The molecule has 0 unspecified atom stereocenters. The molecule has 2 aromatic carbocycles. The minimum atomic E-state index is -0.118. The summed E-state index contributed by atoms with van der Waals surface area (Å²) in [6, 6.07) is 14.1. The summed E-state index contributed by atoms with van der Waals surface area (Å²) in [5.41, 5.74) is 5.12. The lowest BCUT2D eigenvalue weighted by Crippen LogP contribution is -2.12. The van der Waals surface area contributed by atoms with E-state index in [1.54, 1.807) is 12.4 Å². The number of hydrogen-bond acceptors (Lipinski definition) is 4. The topological polar surface area (TPSA) is 54.9 Å². The number of thiazole rings is 1. The summed E-state index contributed by atoms with van der Waals surface area (Å²) in [6.45, 7) is 0. The number of nitrogens with one attached hydrogen (secondary N) is 1. The summed E-state index contributed by atoms with van der Waals surface area (Å²) in [4.78, 5) is 21.5. The molecule has 0 bridgehead atoms. The summed E-state index contributed by atoms with van der Waals surface area (Å²) < 4.78 is 0. The zero-order valence-corrected chi connectivity index (χ0v) is 14.7. The summed E-state index contributed by atoms with van der Waals surface area (Å²) in [5.74, 6) is -0.118. The number of benzene rings is 2. The van der Waals surface area contributed by atoms with Crippen molar-refractivity contribution in [1.29, 1.82) is 0 Å². The second-order valence-electron chi connectivity index (χ2n) is 6.35. The van der Waals surface area contributed by atoms with Gasteiger partial charge in [0.1, 0.15) is 0 Å². The number of aryl methyl sites for hydroxylation is 2. The van der Waals surface area contributed by atoms with Crippen LogP contribution in [0.15, 0.2) is 60.2 Å². The molecule has 4 aromatic rings. The number of rotatable bonds is 3. The van der Waals surface area contributed by atoms with E-state index in [-0.39, 0.29) is 5.91 Å². The van der Waals surface area contributed by atoms with Crippen LogP contribution in [0.3, 0.4) is 0 Å². The minimum absolute atomic E-state index is 0.118. The Morgan fingerprint density at radius 2 is 1.92 bits per heavy atom. The molecule has 1 amide bonds. The van der Waals surface area contributed by atoms with Crippen molar-refractivity contribution in [2.75, 3.05) is 5.32 Å². The van der Waals surface area contributed by atoms with E-state index in [1.165, 1.54) is 27.8 Å². The van der Waals surface area contributed by atoms with Crippen molar-refractivity contribution in [1.82, 2.24) is 9.97 Å². The highest BCUT2D eigenvalue weighted by Gasteiger charge is 2.19. The minimum Gasteiger partial charge on any atom is -0.298 e. The Morgan fingerprint density at radius 3 is 2.77 bits per heavy atom. The SMILES string of the molecule is O=C(Nc1nc(-c2cccnc2)cs1)c1ccc2c3c(cccc13)CC2. The third kappa shape index (κ3) is 2.48. The molecule has 0 aliphatic heterocycles. The Morgan fingerprint density at radius 1 is 1.04 bits per heavy atom. The molecule has 0 radical (unpaired) electrons. The third-order valence-electron chi connectivity index (χ3n) is 4.80. The third-order valence-corrected chi connectivity index (χ3v) is 5.56. The van der Waals surface area contributed by atoms with Gasteiger partial charge in [-0.05, 0) is 52.9 Å². The molecule has 0 saturated carbocycles. The Bertz CT molecular complexity index is 1120. The molecule has 2 aromatic heterocycles. The van der Waals surface area contributed by atoms with Gasteiger partial charge in [0.2, 0.25) is 0 Å². The quantitative estimate of drug-likeness (QED) is 0.578. The van der Waals surface area contributed by atoms with Gasteiger partial charge in [0.15, 0.2) is 5.13 Å². The van der Waals surface area contributed by atoms with Crippen molar-refractivity contribution >= 4 is 33.1 Å². The maximum atomic E-state index is 12.9. The predicted octanol–water partition coefficient (Wildman–Crippen LogP) is 4.71. The van der Waals surface area contributed by atoms with Gasteiger partial charge < -0.3 is 0 Å². The lowest BCUT2D eigenvalue weighted by atomic mass is 9.99. The Labute approximate surface area is 154 Å². The van der Waals surface area contributed by atoms with Crippen LogP contribution in [0, 0.1) is 0 Å². The average molecular weight is 357 g/mol. The highest BCUT2D eigenvalue weighted by atomic mass is 32.1. The van der Waals surface area contributed by atoms with Gasteiger partial charge in [-0.2, -0.15) is 0 Å². The van der Waals surface area contributed by atoms with Gasteiger partial charge in [-0.1, -0.05) is 24.3 Å². The first-order chi connectivity index (χ1) is 12.8. The Kier molecular flexibility index (Phi) is 3.53. The van der Waals surface area contributed by atoms with Crippen LogP contribution in [-0.4, -0.2) is 15.9 Å². The zero-order chi connectivity index (χ0) is 17.5. The fourth-order valence-corrected chi connectivity index (χ4v) is 4.30. The van der Waals surface area contributed by atoms with Crippen molar-refractivity contribution in [3.05, 3.63) is 76.9 Å². The standard InChI is InChI=1S/C21H15N3OS/c25-20(24-21-23-18(12-26-21)15-4-2-10-22-11-15)17-9-8-14-7-6-13-3-1-5-16(17)19(13)14/h1-5,8-12H,6-7H2,(H,23,24,25). The van der Waals surface area contributed by atoms with Gasteiger partial charge in [-0.3, -0.25) is 15.1 Å². The maximum absolute atomic E-state index is 12.9. The van der Waals surface area contributed by atoms with Crippen LogP contribution in [-0.2, 0) is 12.8 Å². The highest BCUT2D eigenvalue weighted by molar-refractivity contribution is 7.14. The molecular formula is C21H15N3OS. The van der Waals surface area contributed by atoms with Gasteiger partial charge in [0, 0.05) is 28.9 Å². The monoisotopic (exact) mass is 357 g/mol. The molecule has 0 saturated heterocycles. The Balaban J connectivity index is 1.47. The van der Waals surface area contributed by atoms with Gasteiger partial charge in [0.05, 0.1) is 5.69 Å². The van der Waals surface area contributed by atoms with E-state index in [0.29, 0.717) is 10.7 Å². The van der Waals surface area contributed by atoms with Crippen LogP contribution in [0.4, 0.5) is 5.13 Å². The molecule has 126 valence electrons. The molecular weight excluding hydrogens is 342 g/mol. The van der Waals surface area contributed by atoms with E-state index in [2.05, 4.69) is 27.4 Å². The first-order valence-corrected chi connectivity index (χ1v) is 9.38. The predicted molar refractivity (Wildman–Crippen MR) is 105 cm³/mol. The van der Waals surface area contributed by atoms with Crippen molar-refractivity contribution in [3.8, 4) is 11.3 Å². The number of pyridine rings is 1. The molecule has 0 atom stereocenters. The van der Waals surface area contributed by atoms with Crippen molar-refractivity contribution < 1.29 is 4.79 Å². The van der Waals surface area contributed by atoms with Gasteiger partial charge in [-0.15, -0.1) is 11.3 Å². The summed E-state index contributed by atoms with van der Waals surface area (Å²) in [7, 11) is 0. The van der Waals surface area contributed by atoms with E-state index >= 15 is 0 Å². The lowest BCUT2D eigenvalue weighted by molar-refractivity contribution is 0.102. The van der Waals surface area contributed by atoms with Gasteiger partial charge in [0.25, 0.3) is 5.91 Å². The van der Waals surface area contributed by atoms with E-state index in [9.17, 15) is 4.79 Å². The number of carbonyl (C=O) groups excluding carboxylic acids is 1. The second kappa shape index (κ2) is 6.04. The molecule has 0 fully saturated rings. The number of hydrogen-bond donors (Lipinski definition) is 1. The fraction of sp³-hybridized carbons (Fsp3) is 0.0952. The summed E-state index contributed by atoms with van der Waals surface area (Å²) in [6.07, 6.45) is 5.61. The molecule has 1 aliphatic carbocycles. The molecule has 1 aliphatic rings. The number of anilines is 1. The fourth-order valence-electron chi connectivity index (χ4n) is 3.59. The normalized spacial score (nSPS) is 12.5. The highest BCUT2D eigenvalue weighted by Crippen LogP contribution is 2.33. The van der Waals surface area contributed by atoms with Crippen LogP contribution >= 0.6 is 11.3 Å². The molecule has 0 spiro atoms. The average Bonchev–Trinajstić information content (AvgIpc) is 3.31. The van der Waals surface area contributed by atoms with E-state index < -0.39 is 0 Å². The van der Waals surface area contributed by atoms with Gasteiger partial charge in [-0.25, -0.2) is 4.98 Å². The molecule has 26 heavy (non-hydrogen) atoms. The maximum Gasteiger partial charge on any atom is 0.258 e. The van der Waals surface area contributed by atoms with Crippen LogP contribution in [0.25, 0.3) is 22.0 Å². The summed E-state index contributed by atoms with van der Waals surface area (Å²) in [5, 5.41) is 7.75.